The molecule has 0 radical (unpaired) electrons. The van der Waals surface area contributed by atoms with Crippen LogP contribution in [0.4, 0.5) is 0 Å². The van der Waals surface area contributed by atoms with Crippen molar-refractivity contribution < 1.29 is 9.53 Å². The maximum absolute atomic E-state index is 10.8. The Morgan fingerprint density at radius 1 is 1.30 bits per heavy atom. The second kappa shape index (κ2) is 6.16. The van der Waals surface area contributed by atoms with Crippen molar-refractivity contribution in [2.75, 3.05) is 0 Å². The van der Waals surface area contributed by atoms with E-state index in [4.69, 9.17) is 4.43 Å². The van der Waals surface area contributed by atoms with Crippen molar-refractivity contribution in [1.82, 2.24) is 0 Å². The molecule has 2 aliphatic carbocycles. The lowest BCUT2D eigenvalue weighted by atomic mass is 9.83. The molecule has 2 aliphatic rings. The Labute approximate surface area is 144 Å². The van der Waals surface area contributed by atoms with E-state index in [-0.39, 0.29) is 22.5 Å². The average Bonchev–Trinajstić information content (AvgIpc) is 2.63. The van der Waals surface area contributed by atoms with Crippen molar-refractivity contribution in [2.45, 2.75) is 84.2 Å². The van der Waals surface area contributed by atoms with Crippen LogP contribution in [-0.4, -0.2) is 25.6 Å². The molecule has 0 spiro atoms. The van der Waals surface area contributed by atoms with E-state index in [1.807, 2.05) is 0 Å². The topological polar surface area (TPSA) is 29.5 Å². The summed E-state index contributed by atoms with van der Waals surface area (Å²) < 4.78 is 6.87. The van der Waals surface area contributed by atoms with Crippen molar-refractivity contribution >= 4 is 8.32 Å². The molecule has 0 bridgehead atoms. The number of fused-ring (bicyclic) bond motifs is 1. The maximum atomic E-state index is 10.8. The van der Waals surface area contributed by atoms with E-state index < -0.39 is 14.4 Å². The van der Waals surface area contributed by atoms with Gasteiger partial charge in [-0.1, -0.05) is 53.3 Å². The molecular formula is C20H36O2Si. The molecule has 0 saturated heterocycles. The molecule has 1 saturated carbocycles. The van der Waals surface area contributed by atoms with Gasteiger partial charge in [-0.15, -0.1) is 0 Å². The number of aliphatic hydroxyl groups is 1. The van der Waals surface area contributed by atoms with Gasteiger partial charge in [0.2, 0.25) is 0 Å². The third-order valence-electron chi connectivity index (χ3n) is 6.42. The normalized spacial score (nSPS) is 36.3. The summed E-state index contributed by atoms with van der Waals surface area (Å²) in [5, 5.41) is 11.0. The molecule has 0 aromatic carbocycles. The molecule has 132 valence electrons. The molecule has 1 N–H and O–H groups in total. The van der Waals surface area contributed by atoms with Crippen LogP contribution in [0.3, 0.4) is 0 Å². The molecule has 0 aromatic rings. The number of hydrogen-bond acceptors (Lipinski definition) is 2. The summed E-state index contributed by atoms with van der Waals surface area (Å²) in [5.74, 6) is 0.537. The van der Waals surface area contributed by atoms with Crippen LogP contribution >= 0.6 is 0 Å². The molecule has 3 heteroatoms. The SMILES string of the molecule is C=C1CC/C=C\[C@H]2[C@H](CC(C)(C)[C@@H]2O[Si](C)(C)C(C)(C)C)[C@H]1O. The number of rotatable bonds is 2. The summed E-state index contributed by atoms with van der Waals surface area (Å²) in [6, 6.07) is 0. The zero-order valence-electron chi connectivity index (χ0n) is 16.1. The lowest BCUT2D eigenvalue weighted by Gasteiger charge is -2.43. The van der Waals surface area contributed by atoms with Crippen LogP contribution in [0.25, 0.3) is 0 Å². The zero-order valence-corrected chi connectivity index (χ0v) is 17.1. The number of aliphatic hydroxyl groups excluding tert-OH is 1. The quantitative estimate of drug-likeness (QED) is 0.547. The van der Waals surface area contributed by atoms with Gasteiger partial charge in [0.05, 0.1) is 12.2 Å². The summed E-state index contributed by atoms with van der Waals surface area (Å²) in [6.45, 7) is 20.3. The first kappa shape index (κ1) is 18.9. The van der Waals surface area contributed by atoms with Gasteiger partial charge in [0, 0.05) is 5.92 Å². The molecule has 0 aromatic heterocycles. The van der Waals surface area contributed by atoms with Crippen molar-refractivity contribution in [3.05, 3.63) is 24.3 Å². The second-order valence-electron chi connectivity index (χ2n) is 9.80. The molecular weight excluding hydrogens is 300 g/mol. The Morgan fingerprint density at radius 2 is 1.91 bits per heavy atom. The third-order valence-corrected chi connectivity index (χ3v) is 10.9. The molecule has 4 atom stereocenters. The van der Waals surface area contributed by atoms with E-state index in [1.54, 1.807) is 0 Å². The average molecular weight is 337 g/mol. The van der Waals surface area contributed by atoms with Gasteiger partial charge in [0.25, 0.3) is 0 Å². The van der Waals surface area contributed by atoms with Crippen molar-refractivity contribution in [3.63, 3.8) is 0 Å². The first-order chi connectivity index (χ1) is 10.4. The van der Waals surface area contributed by atoms with Crippen LogP contribution in [0.2, 0.25) is 18.1 Å². The maximum Gasteiger partial charge on any atom is 0.192 e. The summed E-state index contributed by atoms with van der Waals surface area (Å²) in [6.07, 6.45) is 7.27. The number of allylic oxidation sites excluding steroid dienone is 1. The van der Waals surface area contributed by atoms with Crippen molar-refractivity contribution in [1.29, 1.82) is 0 Å². The van der Waals surface area contributed by atoms with E-state index in [9.17, 15) is 5.11 Å². The van der Waals surface area contributed by atoms with Gasteiger partial charge in [-0.05, 0) is 54.3 Å². The largest absolute Gasteiger partial charge is 0.413 e. The molecule has 1 fully saturated rings. The van der Waals surface area contributed by atoms with Crippen LogP contribution in [-0.2, 0) is 4.43 Å². The standard InChI is InChI=1S/C20H36O2Si/c1-14-11-9-10-12-15-16(17(14)21)13-20(5,6)18(15)22-23(7,8)19(2,3)4/h10,12,15-18,21H,1,9,11,13H2,2-8H3/b12-10-/t15-,16-,17-,18+/m0/s1. The van der Waals surface area contributed by atoms with Crippen LogP contribution in [0, 0.1) is 17.3 Å². The lowest BCUT2D eigenvalue weighted by Crippen LogP contribution is -2.48. The summed E-state index contributed by atoms with van der Waals surface area (Å²) in [7, 11) is -1.84. The number of hydrogen-bond donors (Lipinski definition) is 1. The Hall–Kier alpha value is -0.383. The minimum Gasteiger partial charge on any atom is -0.413 e. The Bertz CT molecular complexity index is 484. The lowest BCUT2D eigenvalue weighted by molar-refractivity contribution is 0.0601. The first-order valence-corrected chi connectivity index (χ1v) is 12.0. The van der Waals surface area contributed by atoms with Crippen molar-refractivity contribution in [2.24, 2.45) is 17.3 Å². The molecule has 0 heterocycles. The summed E-state index contributed by atoms with van der Waals surface area (Å²) in [4.78, 5) is 0. The Morgan fingerprint density at radius 3 is 2.48 bits per heavy atom. The second-order valence-corrected chi connectivity index (χ2v) is 14.6. The van der Waals surface area contributed by atoms with Crippen LogP contribution in [0.1, 0.15) is 53.9 Å². The highest BCUT2D eigenvalue weighted by atomic mass is 28.4. The van der Waals surface area contributed by atoms with Gasteiger partial charge in [-0.25, -0.2) is 0 Å². The Kier molecular flexibility index (Phi) is 5.08. The summed E-state index contributed by atoms with van der Waals surface area (Å²) in [5.41, 5.74) is 1.08. The van der Waals surface area contributed by atoms with Crippen LogP contribution < -0.4 is 0 Å². The van der Waals surface area contributed by atoms with E-state index in [2.05, 4.69) is 66.4 Å². The highest BCUT2D eigenvalue weighted by Gasteiger charge is 2.53. The van der Waals surface area contributed by atoms with Crippen molar-refractivity contribution in [3.8, 4) is 0 Å². The minimum absolute atomic E-state index is 0.0841. The van der Waals surface area contributed by atoms with E-state index in [0.29, 0.717) is 5.92 Å². The fourth-order valence-electron chi connectivity index (χ4n) is 3.88. The smallest absolute Gasteiger partial charge is 0.192 e. The van der Waals surface area contributed by atoms with E-state index in [1.165, 1.54) is 0 Å². The minimum atomic E-state index is -1.84. The van der Waals surface area contributed by atoms with Crippen LogP contribution in [0.15, 0.2) is 24.3 Å². The van der Waals surface area contributed by atoms with Gasteiger partial charge in [0.15, 0.2) is 8.32 Å². The zero-order chi connectivity index (χ0) is 17.6. The molecule has 23 heavy (non-hydrogen) atoms. The third kappa shape index (κ3) is 3.67. The fourth-order valence-corrected chi connectivity index (χ4v) is 5.34. The summed E-state index contributed by atoms with van der Waals surface area (Å²) >= 11 is 0. The van der Waals surface area contributed by atoms with Gasteiger partial charge in [0.1, 0.15) is 0 Å². The van der Waals surface area contributed by atoms with E-state index in [0.717, 1.165) is 24.8 Å². The first-order valence-electron chi connectivity index (χ1n) is 9.07. The van der Waals surface area contributed by atoms with Gasteiger partial charge < -0.3 is 9.53 Å². The monoisotopic (exact) mass is 336 g/mol. The fraction of sp³-hybridized carbons (Fsp3) is 0.800. The highest BCUT2D eigenvalue weighted by molar-refractivity contribution is 6.74. The van der Waals surface area contributed by atoms with Crippen LogP contribution in [0.5, 0.6) is 0 Å². The molecule has 0 amide bonds. The highest BCUT2D eigenvalue weighted by Crippen LogP contribution is 2.53. The molecule has 0 unspecified atom stereocenters. The Balaban J connectivity index is 2.34. The predicted octanol–water partition coefficient (Wildman–Crippen LogP) is 5.31. The van der Waals surface area contributed by atoms with E-state index >= 15 is 0 Å². The molecule has 2 rings (SSSR count). The van der Waals surface area contributed by atoms with Gasteiger partial charge in [-0.3, -0.25) is 0 Å². The van der Waals surface area contributed by atoms with Gasteiger partial charge in [-0.2, -0.15) is 0 Å². The molecule has 0 aliphatic heterocycles. The predicted molar refractivity (Wildman–Crippen MR) is 101 cm³/mol. The molecule has 2 nitrogen and oxygen atoms in total. The van der Waals surface area contributed by atoms with Gasteiger partial charge >= 0.3 is 0 Å².